The highest BCUT2D eigenvalue weighted by atomic mass is 31.0. The summed E-state index contributed by atoms with van der Waals surface area (Å²) >= 11 is 0. The SMILES string of the molecule is CC.Nc1ccc(C(=O)Cc2ccccc2P)cc1/C=C1/CCCCOC1. The average molecular weight is 383 g/mol. The Bertz CT molecular complexity index is 789. The van der Waals surface area contributed by atoms with Gasteiger partial charge in [-0.1, -0.05) is 44.2 Å². The Hall–Kier alpha value is -1.96. The van der Waals surface area contributed by atoms with Crippen LogP contribution >= 0.6 is 9.24 Å². The number of hydrogen-bond acceptors (Lipinski definition) is 3. The van der Waals surface area contributed by atoms with Crippen LogP contribution in [0.3, 0.4) is 0 Å². The third kappa shape index (κ3) is 6.30. The molecule has 3 rings (SSSR count). The lowest BCUT2D eigenvalue weighted by Gasteiger charge is -2.09. The number of carbonyl (C=O) groups excluding carboxylic acids is 1. The van der Waals surface area contributed by atoms with E-state index in [1.165, 1.54) is 5.57 Å². The summed E-state index contributed by atoms with van der Waals surface area (Å²) in [7, 11) is 2.69. The summed E-state index contributed by atoms with van der Waals surface area (Å²) in [5.74, 6) is 0.103. The third-order valence-electron chi connectivity index (χ3n) is 4.50. The number of carbonyl (C=O) groups is 1. The highest BCUT2D eigenvalue weighted by Crippen LogP contribution is 2.22. The van der Waals surface area contributed by atoms with Gasteiger partial charge in [-0.25, -0.2) is 0 Å². The molecule has 1 unspecified atom stereocenters. The first-order valence-electron chi connectivity index (χ1n) is 9.67. The molecule has 1 fully saturated rings. The van der Waals surface area contributed by atoms with E-state index in [1.807, 2.05) is 56.3 Å². The normalized spacial score (nSPS) is 15.6. The van der Waals surface area contributed by atoms with E-state index >= 15 is 0 Å². The molecule has 4 heteroatoms. The highest BCUT2D eigenvalue weighted by Gasteiger charge is 2.11. The van der Waals surface area contributed by atoms with Gasteiger partial charge in [-0.15, -0.1) is 9.24 Å². The van der Waals surface area contributed by atoms with Gasteiger partial charge >= 0.3 is 0 Å². The van der Waals surface area contributed by atoms with E-state index in [9.17, 15) is 4.79 Å². The lowest BCUT2D eigenvalue weighted by Crippen LogP contribution is -2.10. The molecule has 2 aromatic carbocycles. The second kappa shape index (κ2) is 11.0. The zero-order chi connectivity index (χ0) is 19.6. The van der Waals surface area contributed by atoms with Gasteiger partial charge in [-0.2, -0.15) is 0 Å². The largest absolute Gasteiger partial charge is 0.398 e. The molecule has 27 heavy (non-hydrogen) atoms. The number of nitrogen functional groups attached to an aromatic ring is 1. The topological polar surface area (TPSA) is 52.3 Å². The number of nitrogens with two attached hydrogens (primary N) is 1. The molecule has 0 aromatic heterocycles. The van der Waals surface area contributed by atoms with Crippen LogP contribution in [0.1, 0.15) is 54.6 Å². The fourth-order valence-electron chi connectivity index (χ4n) is 3.01. The fraction of sp³-hybridized carbons (Fsp3) is 0.348. The number of benzene rings is 2. The van der Waals surface area contributed by atoms with Gasteiger partial charge in [0.15, 0.2) is 5.78 Å². The van der Waals surface area contributed by atoms with Gasteiger partial charge in [-0.05, 0) is 59.5 Å². The van der Waals surface area contributed by atoms with Gasteiger partial charge in [0.2, 0.25) is 0 Å². The summed E-state index contributed by atoms with van der Waals surface area (Å²) in [4.78, 5) is 12.7. The number of anilines is 1. The summed E-state index contributed by atoms with van der Waals surface area (Å²) in [5, 5.41) is 1.06. The molecule has 2 aromatic rings. The van der Waals surface area contributed by atoms with Crippen molar-refractivity contribution in [2.45, 2.75) is 39.5 Å². The Kier molecular flexibility index (Phi) is 8.71. The van der Waals surface area contributed by atoms with Gasteiger partial charge < -0.3 is 10.5 Å². The number of rotatable bonds is 4. The summed E-state index contributed by atoms with van der Waals surface area (Å²) < 4.78 is 5.61. The molecule has 1 heterocycles. The van der Waals surface area contributed by atoms with Crippen molar-refractivity contribution in [1.29, 1.82) is 0 Å². The van der Waals surface area contributed by atoms with Crippen molar-refractivity contribution in [2.24, 2.45) is 0 Å². The summed E-state index contributed by atoms with van der Waals surface area (Å²) in [5.41, 5.74) is 10.7. The van der Waals surface area contributed by atoms with Crippen LogP contribution in [0.15, 0.2) is 48.0 Å². The molecule has 1 aliphatic rings. The van der Waals surface area contributed by atoms with E-state index in [2.05, 4.69) is 15.3 Å². The molecule has 0 amide bonds. The molecule has 1 saturated heterocycles. The lowest BCUT2D eigenvalue weighted by molar-refractivity contribution is 0.0993. The van der Waals surface area contributed by atoms with Crippen LogP contribution in [0.5, 0.6) is 0 Å². The average Bonchev–Trinajstić information content (AvgIpc) is 2.95. The van der Waals surface area contributed by atoms with Gasteiger partial charge in [0.25, 0.3) is 0 Å². The Labute approximate surface area is 165 Å². The number of hydrogen-bond donors (Lipinski definition) is 1. The van der Waals surface area contributed by atoms with E-state index < -0.39 is 0 Å². The Morgan fingerprint density at radius 3 is 2.74 bits per heavy atom. The van der Waals surface area contributed by atoms with Crippen LogP contribution < -0.4 is 11.0 Å². The zero-order valence-electron chi connectivity index (χ0n) is 16.3. The Balaban J connectivity index is 0.00000126. The summed E-state index contributed by atoms with van der Waals surface area (Å²) in [6.45, 7) is 5.47. The van der Waals surface area contributed by atoms with Crippen LogP contribution in [-0.2, 0) is 11.2 Å². The molecule has 2 N–H and O–H groups in total. The van der Waals surface area contributed by atoms with Gasteiger partial charge in [0.1, 0.15) is 0 Å². The van der Waals surface area contributed by atoms with E-state index in [-0.39, 0.29) is 5.78 Å². The Morgan fingerprint density at radius 1 is 1.19 bits per heavy atom. The van der Waals surface area contributed by atoms with Gasteiger partial charge in [-0.3, -0.25) is 4.79 Å². The molecule has 0 radical (unpaired) electrons. The maximum atomic E-state index is 12.7. The molecule has 3 nitrogen and oxygen atoms in total. The molecule has 0 spiro atoms. The fourth-order valence-corrected chi connectivity index (χ4v) is 3.32. The first-order chi connectivity index (χ1) is 13.1. The molecular weight excluding hydrogens is 353 g/mol. The standard InChI is InChI=1S/C21H24NO2P.C2H6/c22-19-9-8-16(20(23)13-17-6-1-2-7-21(17)25)12-18(19)11-15-5-3-4-10-24-14-15;1-2/h1-2,6-9,11-12H,3-5,10,13-14,22,25H2;1-2H3/b15-11-;. The zero-order valence-corrected chi connectivity index (χ0v) is 17.5. The van der Waals surface area contributed by atoms with Crippen molar-refractivity contribution >= 4 is 32.1 Å². The first-order valence-corrected chi connectivity index (χ1v) is 10.2. The van der Waals surface area contributed by atoms with Gasteiger partial charge in [0, 0.05) is 24.3 Å². The minimum absolute atomic E-state index is 0.103. The molecule has 144 valence electrons. The second-order valence-electron chi connectivity index (χ2n) is 6.45. The van der Waals surface area contributed by atoms with Crippen molar-refractivity contribution in [2.75, 3.05) is 18.9 Å². The van der Waals surface area contributed by atoms with Crippen molar-refractivity contribution in [3.63, 3.8) is 0 Å². The molecule has 1 atom stereocenters. The van der Waals surface area contributed by atoms with E-state index in [0.29, 0.717) is 24.3 Å². The van der Waals surface area contributed by atoms with E-state index in [1.54, 1.807) is 0 Å². The van der Waals surface area contributed by atoms with Crippen molar-refractivity contribution < 1.29 is 9.53 Å². The van der Waals surface area contributed by atoms with Crippen LogP contribution in [0, 0.1) is 0 Å². The maximum absolute atomic E-state index is 12.7. The lowest BCUT2D eigenvalue weighted by atomic mass is 9.98. The second-order valence-corrected chi connectivity index (χ2v) is 7.08. The van der Waals surface area contributed by atoms with E-state index in [0.717, 1.165) is 42.3 Å². The number of ketones is 1. The van der Waals surface area contributed by atoms with Crippen LogP contribution in [-0.4, -0.2) is 19.0 Å². The molecule has 0 aliphatic carbocycles. The van der Waals surface area contributed by atoms with Crippen LogP contribution in [0.4, 0.5) is 5.69 Å². The minimum Gasteiger partial charge on any atom is -0.398 e. The smallest absolute Gasteiger partial charge is 0.167 e. The molecule has 0 bridgehead atoms. The van der Waals surface area contributed by atoms with Crippen LogP contribution in [0.25, 0.3) is 6.08 Å². The number of Topliss-reactive ketones (excluding diaryl/α,β-unsaturated/α-hetero) is 1. The quantitative estimate of drug-likeness (QED) is 0.469. The summed E-state index contributed by atoms with van der Waals surface area (Å²) in [6, 6.07) is 13.5. The minimum atomic E-state index is 0.103. The van der Waals surface area contributed by atoms with Crippen molar-refractivity contribution in [3.8, 4) is 0 Å². The van der Waals surface area contributed by atoms with E-state index in [4.69, 9.17) is 10.5 Å². The maximum Gasteiger partial charge on any atom is 0.167 e. The summed E-state index contributed by atoms with van der Waals surface area (Å²) in [6.07, 6.45) is 5.73. The first kappa shape index (κ1) is 21.3. The molecule has 1 aliphatic heterocycles. The van der Waals surface area contributed by atoms with Crippen molar-refractivity contribution in [3.05, 3.63) is 64.7 Å². The van der Waals surface area contributed by atoms with Gasteiger partial charge in [0.05, 0.1) is 6.61 Å². The monoisotopic (exact) mass is 383 g/mol. The van der Waals surface area contributed by atoms with Crippen molar-refractivity contribution in [1.82, 2.24) is 0 Å². The van der Waals surface area contributed by atoms with Crippen LogP contribution in [0.2, 0.25) is 0 Å². The molecule has 0 saturated carbocycles. The third-order valence-corrected chi connectivity index (χ3v) is 5.06. The predicted octanol–water partition coefficient (Wildman–Crippen LogP) is 4.80. The molecular formula is C23H30NO2P. The number of ether oxygens (including phenoxy) is 1. The Morgan fingerprint density at radius 2 is 1.96 bits per heavy atom. The highest BCUT2D eigenvalue weighted by molar-refractivity contribution is 7.27. The predicted molar refractivity (Wildman–Crippen MR) is 119 cm³/mol.